The first kappa shape index (κ1) is 15.1. The lowest BCUT2D eigenvalue weighted by atomic mass is 10.2. The van der Waals surface area contributed by atoms with E-state index in [1.165, 1.54) is 19.2 Å². The minimum atomic E-state index is -3.45. The molecule has 0 aliphatic heterocycles. The minimum absolute atomic E-state index is 0.213. The molecule has 0 spiro atoms. The summed E-state index contributed by atoms with van der Waals surface area (Å²) in [5.74, 6) is 4.68. The Hall–Kier alpha value is -1.91. The van der Waals surface area contributed by atoms with Gasteiger partial charge in [-0.1, -0.05) is 11.8 Å². The summed E-state index contributed by atoms with van der Waals surface area (Å²) in [5.41, 5.74) is 0.561. The van der Waals surface area contributed by atoms with Crippen LogP contribution in [0.25, 0.3) is 0 Å². The van der Waals surface area contributed by atoms with E-state index in [1.54, 1.807) is 6.07 Å². The maximum absolute atomic E-state index is 11.7. The molecule has 102 valence electrons. The number of rotatable bonds is 3. The molecule has 0 saturated heterocycles. The third-order valence-corrected chi connectivity index (χ3v) is 3.83. The fourth-order valence-corrected chi connectivity index (χ4v) is 1.59. The summed E-state index contributed by atoms with van der Waals surface area (Å²) in [4.78, 5) is 15.6. The Kier molecular flexibility index (Phi) is 5.03. The maximum Gasteiger partial charge on any atom is 0.243 e. The number of nitrogens with zero attached hydrogens (tertiary/aromatic N) is 1. The van der Waals surface area contributed by atoms with E-state index in [2.05, 4.69) is 22.1 Å². The van der Waals surface area contributed by atoms with Crippen LogP contribution in [0.5, 0.6) is 0 Å². The predicted octanol–water partition coefficient (Wildman–Crippen LogP) is -0.203. The van der Waals surface area contributed by atoms with Crippen LogP contribution in [0.4, 0.5) is 5.82 Å². The summed E-state index contributed by atoms with van der Waals surface area (Å²) in [6.07, 6.45) is 2.43. The van der Waals surface area contributed by atoms with Crippen molar-refractivity contribution in [2.75, 3.05) is 18.2 Å². The molecule has 2 N–H and O–H groups in total. The molecule has 0 aromatic carbocycles. The molecule has 1 atom stereocenters. The average molecular weight is 282 g/mol. The Balaban J connectivity index is 2.86. The van der Waals surface area contributed by atoms with Crippen LogP contribution in [0.2, 0.25) is 0 Å². The van der Waals surface area contributed by atoms with Gasteiger partial charge in [0.1, 0.15) is 17.7 Å². The molecule has 7 heteroatoms. The number of sulfone groups is 1. The van der Waals surface area contributed by atoms with Gasteiger partial charge in [-0.25, -0.2) is 13.4 Å². The Morgan fingerprint density at radius 1 is 1.58 bits per heavy atom. The summed E-state index contributed by atoms with van der Waals surface area (Å²) < 4.78 is 22.5. The number of anilines is 1. The molecule has 0 radical (unpaired) electrons. The number of carbonyl (C=O) groups excluding carboxylic acids is 1. The van der Waals surface area contributed by atoms with Crippen molar-refractivity contribution in [1.29, 1.82) is 0 Å². The van der Waals surface area contributed by atoms with Gasteiger partial charge in [-0.15, -0.1) is 0 Å². The normalized spacial score (nSPS) is 12.2. The number of aliphatic hydroxyl groups excluding tert-OH is 1. The first-order valence-electron chi connectivity index (χ1n) is 5.40. The highest BCUT2D eigenvalue weighted by atomic mass is 32.2. The summed E-state index contributed by atoms with van der Waals surface area (Å²) in [5, 5.41) is 9.83. The quantitative estimate of drug-likeness (QED) is 0.748. The zero-order chi connectivity index (χ0) is 14.5. The second-order valence-corrected chi connectivity index (χ2v) is 6.22. The molecule has 0 saturated carbocycles. The summed E-state index contributed by atoms with van der Waals surface area (Å²) >= 11 is 0. The van der Waals surface area contributed by atoms with E-state index in [0.717, 1.165) is 6.26 Å². The summed E-state index contributed by atoms with van der Waals surface area (Å²) in [7, 11) is -3.45. The number of hydrogen-bond acceptors (Lipinski definition) is 5. The Bertz CT molecular complexity index is 629. The molecule has 1 aromatic rings. The Morgan fingerprint density at radius 3 is 2.84 bits per heavy atom. The van der Waals surface area contributed by atoms with E-state index in [0.29, 0.717) is 5.56 Å². The lowest BCUT2D eigenvalue weighted by Gasteiger charge is -2.09. The molecule has 1 amide bonds. The molecule has 1 rings (SSSR count). The standard InChI is InChI=1S/C12H14N2O4S/c1-9(19(2,17)18)12(16)14-11-8-10(4-3-7-15)5-6-13-11/h5-6,8-9,15H,7H2,1-2H3,(H,13,14,16). The van der Waals surface area contributed by atoms with Crippen molar-refractivity contribution in [3.8, 4) is 11.8 Å². The van der Waals surface area contributed by atoms with Gasteiger partial charge in [0.2, 0.25) is 5.91 Å². The van der Waals surface area contributed by atoms with Gasteiger partial charge < -0.3 is 10.4 Å². The van der Waals surface area contributed by atoms with Crippen molar-refractivity contribution < 1.29 is 18.3 Å². The first-order valence-corrected chi connectivity index (χ1v) is 7.35. The van der Waals surface area contributed by atoms with Crippen molar-refractivity contribution in [3.63, 3.8) is 0 Å². The van der Waals surface area contributed by atoms with Crippen LogP contribution in [0, 0.1) is 11.8 Å². The van der Waals surface area contributed by atoms with E-state index in [1.807, 2.05) is 0 Å². The van der Waals surface area contributed by atoms with Crippen LogP contribution in [0.1, 0.15) is 12.5 Å². The number of pyridine rings is 1. The molecular weight excluding hydrogens is 268 g/mol. The SMILES string of the molecule is CC(C(=O)Nc1cc(C#CCO)ccn1)S(C)(=O)=O. The number of aliphatic hydroxyl groups is 1. The van der Waals surface area contributed by atoms with E-state index < -0.39 is 21.0 Å². The van der Waals surface area contributed by atoms with Crippen LogP contribution in [-0.4, -0.2) is 42.5 Å². The number of amides is 1. The number of nitrogens with one attached hydrogen (secondary N) is 1. The van der Waals surface area contributed by atoms with Crippen LogP contribution < -0.4 is 5.32 Å². The van der Waals surface area contributed by atoms with Crippen LogP contribution >= 0.6 is 0 Å². The highest BCUT2D eigenvalue weighted by Crippen LogP contribution is 2.08. The highest BCUT2D eigenvalue weighted by molar-refractivity contribution is 7.92. The maximum atomic E-state index is 11.7. The monoisotopic (exact) mass is 282 g/mol. The average Bonchev–Trinajstić information content (AvgIpc) is 2.34. The third kappa shape index (κ3) is 4.69. The van der Waals surface area contributed by atoms with Gasteiger partial charge >= 0.3 is 0 Å². The lowest BCUT2D eigenvalue weighted by Crippen LogP contribution is -2.32. The van der Waals surface area contributed by atoms with Gasteiger partial charge in [0.05, 0.1) is 0 Å². The largest absolute Gasteiger partial charge is 0.384 e. The Morgan fingerprint density at radius 2 is 2.26 bits per heavy atom. The molecule has 0 aliphatic rings. The zero-order valence-electron chi connectivity index (χ0n) is 10.5. The van der Waals surface area contributed by atoms with Crippen molar-refractivity contribution in [3.05, 3.63) is 23.9 Å². The molecule has 1 heterocycles. The van der Waals surface area contributed by atoms with Crippen LogP contribution in [0.15, 0.2) is 18.3 Å². The third-order valence-electron chi connectivity index (χ3n) is 2.33. The molecule has 6 nitrogen and oxygen atoms in total. The molecule has 1 aromatic heterocycles. The van der Waals surface area contributed by atoms with Crippen LogP contribution in [0.3, 0.4) is 0 Å². The van der Waals surface area contributed by atoms with Gasteiger partial charge in [0, 0.05) is 18.0 Å². The fraction of sp³-hybridized carbons (Fsp3) is 0.333. The van der Waals surface area contributed by atoms with Crippen molar-refractivity contribution in [1.82, 2.24) is 4.98 Å². The second kappa shape index (κ2) is 6.31. The molecule has 0 aliphatic carbocycles. The molecular formula is C12H14N2O4S. The van der Waals surface area contributed by atoms with Crippen LogP contribution in [-0.2, 0) is 14.6 Å². The van der Waals surface area contributed by atoms with E-state index in [-0.39, 0.29) is 12.4 Å². The molecule has 19 heavy (non-hydrogen) atoms. The molecule has 0 bridgehead atoms. The highest BCUT2D eigenvalue weighted by Gasteiger charge is 2.23. The molecule has 1 unspecified atom stereocenters. The predicted molar refractivity (Wildman–Crippen MR) is 71.1 cm³/mol. The lowest BCUT2D eigenvalue weighted by molar-refractivity contribution is -0.115. The number of hydrogen-bond donors (Lipinski definition) is 2. The van der Waals surface area contributed by atoms with Gasteiger partial charge in [0.15, 0.2) is 9.84 Å². The summed E-state index contributed by atoms with van der Waals surface area (Å²) in [6.45, 7) is 1.04. The number of aromatic nitrogens is 1. The van der Waals surface area contributed by atoms with E-state index >= 15 is 0 Å². The van der Waals surface area contributed by atoms with Crippen molar-refractivity contribution >= 4 is 21.6 Å². The van der Waals surface area contributed by atoms with Gasteiger partial charge in [-0.2, -0.15) is 0 Å². The van der Waals surface area contributed by atoms with Gasteiger partial charge in [-0.3, -0.25) is 4.79 Å². The smallest absolute Gasteiger partial charge is 0.243 e. The molecule has 0 fully saturated rings. The minimum Gasteiger partial charge on any atom is -0.384 e. The van der Waals surface area contributed by atoms with E-state index in [9.17, 15) is 13.2 Å². The van der Waals surface area contributed by atoms with E-state index in [4.69, 9.17) is 5.11 Å². The Labute approximate surface area is 111 Å². The zero-order valence-corrected chi connectivity index (χ0v) is 11.4. The fourth-order valence-electron chi connectivity index (χ4n) is 1.14. The summed E-state index contributed by atoms with van der Waals surface area (Å²) in [6, 6.07) is 3.11. The topological polar surface area (TPSA) is 96.4 Å². The number of carbonyl (C=O) groups is 1. The van der Waals surface area contributed by atoms with Gasteiger partial charge in [0.25, 0.3) is 0 Å². The first-order chi connectivity index (χ1) is 8.84. The van der Waals surface area contributed by atoms with Crippen molar-refractivity contribution in [2.24, 2.45) is 0 Å². The second-order valence-electron chi connectivity index (χ2n) is 3.85. The van der Waals surface area contributed by atoms with Crippen molar-refractivity contribution in [2.45, 2.75) is 12.2 Å². The van der Waals surface area contributed by atoms with Gasteiger partial charge in [-0.05, 0) is 19.1 Å².